The van der Waals surface area contributed by atoms with Crippen LogP contribution in [0.3, 0.4) is 0 Å². The number of hydrogen-bond acceptors (Lipinski definition) is 2. The Hall–Kier alpha value is -1.50. The number of hydrogen-bond donors (Lipinski definition) is 1. The zero-order valence-electron chi connectivity index (χ0n) is 10.0. The van der Waals surface area contributed by atoms with Crippen molar-refractivity contribution in [2.75, 3.05) is 6.54 Å². The van der Waals surface area contributed by atoms with Crippen LogP contribution in [0.2, 0.25) is 0 Å². The van der Waals surface area contributed by atoms with Crippen molar-refractivity contribution < 1.29 is 9.59 Å². The zero-order chi connectivity index (χ0) is 12.3. The molecule has 0 aromatic heterocycles. The van der Waals surface area contributed by atoms with Crippen molar-refractivity contribution in [3.63, 3.8) is 0 Å². The van der Waals surface area contributed by atoms with Crippen molar-refractivity contribution in [1.82, 2.24) is 10.2 Å². The van der Waals surface area contributed by atoms with Crippen LogP contribution >= 0.6 is 0 Å². The van der Waals surface area contributed by atoms with E-state index in [0.29, 0.717) is 12.8 Å². The number of amides is 2. The molecule has 4 heteroatoms. The first-order valence-corrected chi connectivity index (χ1v) is 5.56. The van der Waals surface area contributed by atoms with Gasteiger partial charge in [0.25, 0.3) is 0 Å². The number of carbonyl (C=O) groups excluding carboxylic acids is 2. The summed E-state index contributed by atoms with van der Waals surface area (Å²) in [5, 5.41) is 2.73. The van der Waals surface area contributed by atoms with Crippen LogP contribution in [0.25, 0.3) is 0 Å². The van der Waals surface area contributed by atoms with Crippen molar-refractivity contribution >= 4 is 11.8 Å². The van der Waals surface area contributed by atoms with Gasteiger partial charge in [0, 0.05) is 0 Å². The average Bonchev–Trinajstić information content (AvgIpc) is 2.26. The standard InChI is InChI=1S/C12H18N2O2/c1-5-9(6-2)14-8-10(15)13-12(4,7-3)11(14)16/h1,9H,6-8H2,2-4H3,(H,13,15). The Morgan fingerprint density at radius 2 is 2.19 bits per heavy atom. The summed E-state index contributed by atoms with van der Waals surface area (Å²) in [7, 11) is 0. The third-order valence-corrected chi connectivity index (χ3v) is 3.12. The van der Waals surface area contributed by atoms with Gasteiger partial charge >= 0.3 is 0 Å². The second kappa shape index (κ2) is 4.56. The maximum atomic E-state index is 12.2. The van der Waals surface area contributed by atoms with Crippen molar-refractivity contribution in [3.05, 3.63) is 0 Å². The number of piperazine rings is 1. The summed E-state index contributed by atoms with van der Waals surface area (Å²) in [5.74, 6) is 2.33. The molecule has 0 aliphatic carbocycles. The van der Waals surface area contributed by atoms with Gasteiger partial charge in [0.2, 0.25) is 11.8 Å². The molecule has 1 rings (SSSR count). The minimum Gasteiger partial charge on any atom is -0.340 e. The number of carbonyl (C=O) groups is 2. The van der Waals surface area contributed by atoms with E-state index in [9.17, 15) is 9.59 Å². The molecular formula is C12H18N2O2. The molecule has 1 saturated heterocycles. The maximum absolute atomic E-state index is 12.2. The highest BCUT2D eigenvalue weighted by atomic mass is 16.2. The van der Waals surface area contributed by atoms with E-state index in [2.05, 4.69) is 11.2 Å². The fourth-order valence-electron chi connectivity index (χ4n) is 1.86. The van der Waals surface area contributed by atoms with Crippen molar-refractivity contribution in [1.29, 1.82) is 0 Å². The summed E-state index contributed by atoms with van der Waals surface area (Å²) in [6, 6.07) is -0.288. The highest BCUT2D eigenvalue weighted by Crippen LogP contribution is 2.20. The third-order valence-electron chi connectivity index (χ3n) is 3.12. The SMILES string of the molecule is C#CC(CC)N1CC(=O)NC(C)(CC)C1=O. The highest BCUT2D eigenvalue weighted by Gasteiger charge is 2.43. The molecule has 0 radical (unpaired) electrons. The normalized spacial score (nSPS) is 27.2. The van der Waals surface area contributed by atoms with E-state index in [1.807, 2.05) is 13.8 Å². The summed E-state index contributed by atoms with van der Waals surface area (Å²) in [4.78, 5) is 25.3. The van der Waals surface area contributed by atoms with E-state index in [4.69, 9.17) is 6.42 Å². The molecule has 1 fully saturated rings. The van der Waals surface area contributed by atoms with Crippen LogP contribution in [-0.4, -0.2) is 34.8 Å². The topological polar surface area (TPSA) is 49.4 Å². The Balaban J connectivity index is 2.99. The van der Waals surface area contributed by atoms with E-state index < -0.39 is 5.54 Å². The molecule has 1 aliphatic heterocycles. The van der Waals surface area contributed by atoms with E-state index in [1.54, 1.807) is 6.92 Å². The lowest BCUT2D eigenvalue weighted by molar-refractivity contribution is -0.150. The molecule has 2 atom stereocenters. The van der Waals surface area contributed by atoms with E-state index >= 15 is 0 Å². The second-order valence-electron chi connectivity index (χ2n) is 4.26. The summed E-state index contributed by atoms with van der Waals surface area (Å²) < 4.78 is 0. The van der Waals surface area contributed by atoms with Crippen LogP contribution in [0, 0.1) is 12.3 Å². The molecule has 0 aromatic rings. The van der Waals surface area contributed by atoms with Crippen LogP contribution in [0.15, 0.2) is 0 Å². The van der Waals surface area contributed by atoms with E-state index in [0.717, 1.165) is 0 Å². The van der Waals surface area contributed by atoms with Gasteiger partial charge in [0.05, 0.1) is 6.04 Å². The Labute approximate surface area is 96.4 Å². The smallest absolute Gasteiger partial charge is 0.249 e. The number of rotatable bonds is 3. The van der Waals surface area contributed by atoms with Gasteiger partial charge in [-0.15, -0.1) is 6.42 Å². The molecule has 2 unspecified atom stereocenters. The zero-order valence-corrected chi connectivity index (χ0v) is 10.0. The fourth-order valence-corrected chi connectivity index (χ4v) is 1.86. The summed E-state index contributed by atoms with van der Waals surface area (Å²) >= 11 is 0. The fraction of sp³-hybridized carbons (Fsp3) is 0.667. The van der Waals surface area contributed by atoms with Crippen molar-refractivity contribution in [3.8, 4) is 12.3 Å². The molecule has 2 amide bonds. The summed E-state index contributed by atoms with van der Waals surface area (Å²) in [6.45, 7) is 5.59. The number of nitrogens with zero attached hydrogens (tertiary/aromatic N) is 1. The van der Waals surface area contributed by atoms with E-state index in [1.165, 1.54) is 4.90 Å². The van der Waals surface area contributed by atoms with Gasteiger partial charge in [-0.3, -0.25) is 9.59 Å². The number of nitrogens with one attached hydrogen (secondary N) is 1. The molecule has 0 aromatic carbocycles. The predicted molar refractivity (Wildman–Crippen MR) is 61.5 cm³/mol. The average molecular weight is 222 g/mol. The Kier molecular flexibility index (Phi) is 3.58. The quantitative estimate of drug-likeness (QED) is 0.708. The predicted octanol–water partition coefficient (Wildman–Crippen LogP) is 0.525. The Morgan fingerprint density at radius 1 is 1.56 bits per heavy atom. The lowest BCUT2D eigenvalue weighted by atomic mass is 9.93. The molecule has 0 bridgehead atoms. The Bertz CT molecular complexity index is 345. The van der Waals surface area contributed by atoms with Crippen LogP contribution in [-0.2, 0) is 9.59 Å². The van der Waals surface area contributed by atoms with Crippen molar-refractivity contribution in [2.24, 2.45) is 0 Å². The minimum absolute atomic E-state index is 0.0666. The summed E-state index contributed by atoms with van der Waals surface area (Å²) in [6.07, 6.45) is 6.60. The molecule has 0 saturated carbocycles. The van der Waals surface area contributed by atoms with Gasteiger partial charge in [-0.05, 0) is 19.8 Å². The third kappa shape index (κ3) is 2.04. The first-order valence-electron chi connectivity index (χ1n) is 5.56. The van der Waals surface area contributed by atoms with Gasteiger partial charge in [0.15, 0.2) is 0 Å². The lowest BCUT2D eigenvalue weighted by Gasteiger charge is -2.41. The monoisotopic (exact) mass is 222 g/mol. The molecule has 88 valence electrons. The first-order chi connectivity index (χ1) is 7.48. The molecular weight excluding hydrogens is 204 g/mol. The summed E-state index contributed by atoms with van der Waals surface area (Å²) in [5.41, 5.74) is -0.806. The van der Waals surface area contributed by atoms with Gasteiger partial charge in [0.1, 0.15) is 12.1 Å². The minimum atomic E-state index is -0.806. The maximum Gasteiger partial charge on any atom is 0.249 e. The van der Waals surface area contributed by atoms with Crippen molar-refractivity contribution in [2.45, 2.75) is 45.2 Å². The lowest BCUT2D eigenvalue weighted by Crippen LogP contribution is -2.66. The number of terminal acetylenes is 1. The molecule has 0 spiro atoms. The van der Waals surface area contributed by atoms with Gasteiger partial charge in [-0.2, -0.15) is 0 Å². The van der Waals surface area contributed by atoms with Crippen LogP contribution in [0.4, 0.5) is 0 Å². The van der Waals surface area contributed by atoms with Crippen LogP contribution in [0.1, 0.15) is 33.6 Å². The first kappa shape index (κ1) is 12.6. The van der Waals surface area contributed by atoms with Gasteiger partial charge in [-0.25, -0.2) is 0 Å². The van der Waals surface area contributed by atoms with Crippen LogP contribution < -0.4 is 5.32 Å². The largest absolute Gasteiger partial charge is 0.340 e. The molecule has 16 heavy (non-hydrogen) atoms. The van der Waals surface area contributed by atoms with Gasteiger partial charge < -0.3 is 10.2 Å². The molecule has 1 N–H and O–H groups in total. The molecule has 4 nitrogen and oxygen atoms in total. The van der Waals surface area contributed by atoms with Crippen LogP contribution in [0.5, 0.6) is 0 Å². The molecule has 1 aliphatic rings. The van der Waals surface area contributed by atoms with Gasteiger partial charge in [-0.1, -0.05) is 19.8 Å². The highest BCUT2D eigenvalue weighted by molar-refractivity contribution is 5.98. The molecule has 1 heterocycles. The van der Waals surface area contributed by atoms with E-state index in [-0.39, 0.29) is 24.4 Å². The Morgan fingerprint density at radius 3 is 2.62 bits per heavy atom. The second-order valence-corrected chi connectivity index (χ2v) is 4.26.